The third kappa shape index (κ3) is 1.56. The van der Waals surface area contributed by atoms with Crippen LogP contribution >= 0.6 is 0 Å². The minimum absolute atomic E-state index is 1.24. The Bertz CT molecular complexity index is 464. The number of alkyl halides is 6. The van der Waals surface area contributed by atoms with Crippen molar-refractivity contribution in [1.29, 1.82) is 0 Å². The molecule has 0 aromatic rings. The van der Waals surface area contributed by atoms with Crippen LogP contribution in [0, 0.1) is 11.8 Å². The third-order valence-corrected chi connectivity index (χ3v) is 5.91. The highest BCUT2D eigenvalue weighted by atomic mass is 19.2. The molecule has 2 saturated carbocycles. The van der Waals surface area contributed by atoms with Gasteiger partial charge in [0.15, 0.2) is 12.3 Å². The smallest absolute Gasteiger partial charge is 0.160 e. The molecule has 4 rings (SSSR count). The molecule has 0 aromatic carbocycles. The van der Waals surface area contributed by atoms with Gasteiger partial charge in [-0.2, -0.15) is 0 Å². The van der Waals surface area contributed by atoms with Crippen LogP contribution < -0.4 is 0 Å². The summed E-state index contributed by atoms with van der Waals surface area (Å²) in [5, 5.41) is 0. The lowest BCUT2D eigenvalue weighted by molar-refractivity contribution is -0.0939. The van der Waals surface area contributed by atoms with Gasteiger partial charge >= 0.3 is 0 Å². The predicted molar refractivity (Wildman–Crippen MR) is 62.9 cm³/mol. The molecule has 0 N–H and O–H groups in total. The van der Waals surface area contributed by atoms with Crippen LogP contribution in [-0.4, -0.2) is 60.4 Å². The van der Waals surface area contributed by atoms with Gasteiger partial charge in [0.1, 0.15) is 48.1 Å². The predicted octanol–water partition coefficient (Wildman–Crippen LogP) is 2.59. The Kier molecular flexibility index (Phi) is 2.82. The first-order valence-corrected chi connectivity index (χ1v) is 7.34. The average molecular weight is 330 g/mol. The molecule has 2 aliphatic heterocycles. The van der Waals surface area contributed by atoms with Crippen molar-refractivity contribution in [2.24, 2.45) is 11.8 Å². The van der Waals surface area contributed by atoms with E-state index in [1.54, 1.807) is 0 Å². The lowest BCUT2D eigenvalue weighted by Crippen LogP contribution is -2.60. The standard InChI is InChI=1S/C14H16F6O2/c1-13-9(19)3(5(15)7(17)11(13)21-13)4-6(16)8(18)12-14(2,22-12)10(4)20/h3-12H,1-2H3. The molecule has 0 aromatic heterocycles. The van der Waals surface area contributed by atoms with Gasteiger partial charge < -0.3 is 9.47 Å². The highest BCUT2D eigenvalue weighted by Gasteiger charge is 2.77. The van der Waals surface area contributed by atoms with E-state index in [0.29, 0.717) is 0 Å². The summed E-state index contributed by atoms with van der Waals surface area (Å²) in [4.78, 5) is 0. The molecule has 0 radical (unpaired) electrons. The Morgan fingerprint density at radius 3 is 1.23 bits per heavy atom. The first-order chi connectivity index (χ1) is 10.1. The van der Waals surface area contributed by atoms with E-state index in [9.17, 15) is 26.3 Å². The Morgan fingerprint density at radius 1 is 0.591 bits per heavy atom. The number of epoxide rings is 2. The third-order valence-electron chi connectivity index (χ3n) is 5.91. The van der Waals surface area contributed by atoms with E-state index in [1.807, 2.05) is 0 Å². The highest BCUT2D eigenvalue weighted by Crippen LogP contribution is 2.60. The SMILES string of the molecule is CC12OC1C(F)C(F)C(C1C(F)C(F)C3OC3(C)C1F)C2F. The molecule has 4 fully saturated rings. The van der Waals surface area contributed by atoms with E-state index in [-0.39, 0.29) is 0 Å². The minimum Gasteiger partial charge on any atom is -0.360 e. The maximum atomic E-state index is 14.6. The lowest BCUT2D eigenvalue weighted by atomic mass is 9.64. The van der Waals surface area contributed by atoms with Crippen molar-refractivity contribution >= 4 is 0 Å². The zero-order valence-corrected chi connectivity index (χ0v) is 11.9. The first kappa shape index (κ1) is 15.1. The second-order valence-electron chi connectivity index (χ2n) is 7.18. The summed E-state index contributed by atoms with van der Waals surface area (Å²) < 4.78 is 95.4. The van der Waals surface area contributed by atoms with Crippen molar-refractivity contribution < 1.29 is 35.8 Å². The van der Waals surface area contributed by atoms with Gasteiger partial charge in [-0.05, 0) is 13.8 Å². The van der Waals surface area contributed by atoms with Gasteiger partial charge in [-0.25, -0.2) is 26.3 Å². The van der Waals surface area contributed by atoms with Gasteiger partial charge in [0.05, 0.1) is 0 Å². The highest BCUT2D eigenvalue weighted by molar-refractivity contribution is 5.23. The summed E-state index contributed by atoms with van der Waals surface area (Å²) in [6, 6.07) is 0. The minimum atomic E-state index is -2.44. The number of rotatable bonds is 1. The average Bonchev–Trinajstić information content (AvgIpc) is 3.35. The normalized spacial score (nSPS) is 69.8. The van der Waals surface area contributed by atoms with Crippen LogP contribution in [0.4, 0.5) is 26.3 Å². The fourth-order valence-electron chi connectivity index (χ4n) is 4.35. The van der Waals surface area contributed by atoms with Crippen molar-refractivity contribution in [3.05, 3.63) is 0 Å². The summed E-state index contributed by atoms with van der Waals surface area (Å²) in [7, 11) is 0. The van der Waals surface area contributed by atoms with Crippen LogP contribution in [0.1, 0.15) is 13.8 Å². The van der Waals surface area contributed by atoms with Crippen LogP contribution in [0.25, 0.3) is 0 Å². The number of halogens is 6. The topological polar surface area (TPSA) is 25.1 Å². The van der Waals surface area contributed by atoms with Crippen LogP contribution in [0.3, 0.4) is 0 Å². The first-order valence-electron chi connectivity index (χ1n) is 7.34. The van der Waals surface area contributed by atoms with Crippen molar-refractivity contribution in [1.82, 2.24) is 0 Å². The summed E-state index contributed by atoms with van der Waals surface area (Å²) in [5.74, 6) is -3.88. The molecule has 12 atom stereocenters. The summed E-state index contributed by atoms with van der Waals surface area (Å²) in [6.07, 6.45) is -16.0. The second-order valence-corrected chi connectivity index (χ2v) is 7.18. The van der Waals surface area contributed by atoms with E-state index in [4.69, 9.17) is 9.47 Å². The van der Waals surface area contributed by atoms with E-state index < -0.39 is 72.3 Å². The molecule has 12 unspecified atom stereocenters. The fraction of sp³-hybridized carbons (Fsp3) is 1.00. The molecule has 0 bridgehead atoms. The molecule has 2 saturated heterocycles. The zero-order valence-electron chi connectivity index (χ0n) is 11.9. The van der Waals surface area contributed by atoms with Crippen molar-refractivity contribution in [3.8, 4) is 0 Å². The van der Waals surface area contributed by atoms with E-state index in [0.717, 1.165) is 0 Å². The number of hydrogen-bond acceptors (Lipinski definition) is 2. The van der Waals surface area contributed by atoms with Crippen LogP contribution in [0.2, 0.25) is 0 Å². The molecular weight excluding hydrogens is 314 g/mol. The Morgan fingerprint density at radius 2 is 0.909 bits per heavy atom. The maximum Gasteiger partial charge on any atom is 0.160 e. The largest absolute Gasteiger partial charge is 0.360 e. The van der Waals surface area contributed by atoms with Gasteiger partial charge in [0.25, 0.3) is 0 Å². The van der Waals surface area contributed by atoms with Crippen LogP contribution in [0.5, 0.6) is 0 Å². The number of fused-ring (bicyclic) bond motifs is 2. The molecule has 2 nitrogen and oxygen atoms in total. The Hall–Kier alpha value is -0.500. The molecule has 0 amide bonds. The molecule has 4 aliphatic rings. The Balaban J connectivity index is 1.69. The van der Waals surface area contributed by atoms with E-state index >= 15 is 0 Å². The molecule has 8 heteroatoms. The summed E-state index contributed by atoms with van der Waals surface area (Å²) in [5.41, 5.74) is -3.19. The van der Waals surface area contributed by atoms with Crippen LogP contribution in [-0.2, 0) is 9.47 Å². The summed E-state index contributed by atoms with van der Waals surface area (Å²) >= 11 is 0. The van der Waals surface area contributed by atoms with Gasteiger partial charge in [0.2, 0.25) is 0 Å². The van der Waals surface area contributed by atoms with E-state index in [2.05, 4.69) is 0 Å². The van der Waals surface area contributed by atoms with Crippen molar-refractivity contribution in [2.75, 3.05) is 0 Å². The van der Waals surface area contributed by atoms with Gasteiger partial charge in [-0.15, -0.1) is 0 Å². The second kappa shape index (κ2) is 4.12. The molecule has 2 heterocycles. The van der Waals surface area contributed by atoms with E-state index in [1.165, 1.54) is 13.8 Å². The molecular formula is C14H16F6O2. The van der Waals surface area contributed by atoms with Crippen LogP contribution in [0.15, 0.2) is 0 Å². The lowest BCUT2D eigenvalue weighted by Gasteiger charge is -2.43. The van der Waals surface area contributed by atoms with Crippen molar-refractivity contribution in [3.63, 3.8) is 0 Å². The Labute approximate surface area is 123 Å². The molecule has 126 valence electrons. The monoisotopic (exact) mass is 330 g/mol. The number of ether oxygens (including phenoxy) is 2. The van der Waals surface area contributed by atoms with Gasteiger partial charge in [-0.1, -0.05) is 0 Å². The van der Waals surface area contributed by atoms with Gasteiger partial charge in [0, 0.05) is 11.8 Å². The van der Waals surface area contributed by atoms with Gasteiger partial charge in [-0.3, -0.25) is 0 Å². The molecule has 22 heavy (non-hydrogen) atoms. The maximum absolute atomic E-state index is 14.6. The summed E-state index contributed by atoms with van der Waals surface area (Å²) in [6.45, 7) is 2.48. The molecule has 0 spiro atoms. The quantitative estimate of drug-likeness (QED) is 0.545. The fourth-order valence-corrected chi connectivity index (χ4v) is 4.35. The van der Waals surface area contributed by atoms with Crippen molar-refractivity contribution in [2.45, 2.75) is 74.3 Å². The number of hydrogen-bond donors (Lipinski definition) is 0. The molecule has 2 aliphatic carbocycles. The zero-order chi connectivity index (χ0) is 16.2.